The van der Waals surface area contributed by atoms with Crippen molar-refractivity contribution in [2.75, 3.05) is 50.9 Å². The number of anilines is 1. The van der Waals surface area contributed by atoms with Gasteiger partial charge in [0.25, 0.3) is 5.91 Å². The van der Waals surface area contributed by atoms with Crippen molar-refractivity contribution in [2.24, 2.45) is 0 Å². The van der Waals surface area contributed by atoms with Crippen LogP contribution in [0, 0.1) is 11.3 Å². The molecule has 0 spiro atoms. The van der Waals surface area contributed by atoms with Gasteiger partial charge >= 0.3 is 0 Å². The van der Waals surface area contributed by atoms with Crippen LogP contribution in [0.1, 0.15) is 5.56 Å². The van der Waals surface area contributed by atoms with E-state index in [1.54, 1.807) is 17.2 Å². The van der Waals surface area contributed by atoms with Crippen molar-refractivity contribution in [3.8, 4) is 6.07 Å². The Labute approximate surface area is 142 Å². The van der Waals surface area contributed by atoms with Crippen molar-refractivity contribution < 1.29 is 14.3 Å². The minimum absolute atomic E-state index is 0.0198. The van der Waals surface area contributed by atoms with Gasteiger partial charge in [-0.2, -0.15) is 5.26 Å². The Hall–Kier alpha value is -1.69. The fourth-order valence-electron chi connectivity index (χ4n) is 2.74. The molecular formula is C15H17BrN4O3. The molecule has 23 heavy (non-hydrogen) atoms. The van der Waals surface area contributed by atoms with Crippen LogP contribution in [0.15, 0.2) is 16.7 Å². The van der Waals surface area contributed by atoms with E-state index in [0.29, 0.717) is 57.4 Å². The van der Waals surface area contributed by atoms with Gasteiger partial charge < -0.3 is 19.3 Å². The number of hydrogen-bond donors (Lipinski definition) is 0. The molecule has 7 nitrogen and oxygen atoms in total. The summed E-state index contributed by atoms with van der Waals surface area (Å²) >= 11 is 3.32. The van der Waals surface area contributed by atoms with Gasteiger partial charge in [-0.25, -0.2) is 4.98 Å². The van der Waals surface area contributed by atoms with Crippen molar-refractivity contribution in [3.05, 3.63) is 22.3 Å². The van der Waals surface area contributed by atoms with Crippen molar-refractivity contribution in [3.63, 3.8) is 0 Å². The van der Waals surface area contributed by atoms with Gasteiger partial charge in [-0.15, -0.1) is 0 Å². The molecule has 122 valence electrons. The van der Waals surface area contributed by atoms with E-state index in [9.17, 15) is 10.1 Å². The molecule has 3 heterocycles. The van der Waals surface area contributed by atoms with Gasteiger partial charge in [0.15, 0.2) is 6.10 Å². The molecule has 3 rings (SSSR count). The zero-order valence-electron chi connectivity index (χ0n) is 12.6. The second kappa shape index (κ2) is 7.25. The average molecular weight is 381 g/mol. The summed E-state index contributed by atoms with van der Waals surface area (Å²) in [6, 6.07) is 3.89. The first-order chi connectivity index (χ1) is 11.2. The molecule has 2 fully saturated rings. The summed E-state index contributed by atoms with van der Waals surface area (Å²) in [6.45, 7) is 3.76. The molecule has 0 aromatic carbocycles. The molecule has 1 unspecified atom stereocenters. The number of aromatic nitrogens is 1. The molecule has 2 aliphatic rings. The predicted molar refractivity (Wildman–Crippen MR) is 86.0 cm³/mol. The van der Waals surface area contributed by atoms with E-state index in [0.717, 1.165) is 4.47 Å². The van der Waals surface area contributed by atoms with E-state index in [-0.39, 0.29) is 5.91 Å². The lowest BCUT2D eigenvalue weighted by Crippen LogP contribution is -2.53. The highest BCUT2D eigenvalue weighted by molar-refractivity contribution is 9.10. The Kier molecular flexibility index (Phi) is 5.10. The molecule has 8 heteroatoms. The summed E-state index contributed by atoms with van der Waals surface area (Å²) in [7, 11) is 0. The number of carbonyl (C=O) groups excluding carboxylic acids is 1. The normalized spacial score (nSPS) is 21.8. The van der Waals surface area contributed by atoms with Crippen LogP contribution in [-0.2, 0) is 14.3 Å². The highest BCUT2D eigenvalue weighted by Crippen LogP contribution is 2.23. The van der Waals surface area contributed by atoms with Crippen LogP contribution < -0.4 is 4.90 Å². The Morgan fingerprint density at radius 3 is 2.87 bits per heavy atom. The number of carbonyl (C=O) groups is 1. The smallest absolute Gasteiger partial charge is 0.253 e. The van der Waals surface area contributed by atoms with Crippen LogP contribution in [0.2, 0.25) is 0 Å². The summed E-state index contributed by atoms with van der Waals surface area (Å²) in [5.74, 6) is 0.576. The average Bonchev–Trinajstić information content (AvgIpc) is 2.61. The monoisotopic (exact) mass is 380 g/mol. The number of rotatable bonds is 2. The number of hydrogen-bond acceptors (Lipinski definition) is 6. The molecule has 1 atom stereocenters. The number of halogens is 1. The Bertz CT molecular complexity index is 628. The summed E-state index contributed by atoms with van der Waals surface area (Å²) in [6.07, 6.45) is 1.13. The number of nitriles is 1. The van der Waals surface area contributed by atoms with Gasteiger partial charge in [0.2, 0.25) is 0 Å². The molecule has 1 aromatic rings. The van der Waals surface area contributed by atoms with Crippen molar-refractivity contribution in [2.45, 2.75) is 6.10 Å². The maximum atomic E-state index is 12.6. The van der Waals surface area contributed by atoms with Gasteiger partial charge in [0.1, 0.15) is 11.9 Å². The summed E-state index contributed by atoms with van der Waals surface area (Å²) in [5.41, 5.74) is 0.485. The van der Waals surface area contributed by atoms with Gasteiger partial charge in [0, 0.05) is 30.3 Å². The van der Waals surface area contributed by atoms with E-state index >= 15 is 0 Å². The van der Waals surface area contributed by atoms with Crippen molar-refractivity contribution in [1.82, 2.24) is 9.88 Å². The van der Waals surface area contributed by atoms with Gasteiger partial charge in [-0.1, -0.05) is 0 Å². The maximum Gasteiger partial charge on any atom is 0.253 e. The summed E-state index contributed by atoms with van der Waals surface area (Å²) < 4.78 is 11.7. The predicted octanol–water partition coefficient (Wildman–Crippen LogP) is 0.780. The van der Waals surface area contributed by atoms with Crippen LogP contribution in [0.4, 0.5) is 5.82 Å². The molecule has 0 N–H and O–H groups in total. The zero-order chi connectivity index (χ0) is 16.2. The lowest BCUT2D eigenvalue weighted by atomic mass is 10.2. The Morgan fingerprint density at radius 2 is 2.13 bits per heavy atom. The van der Waals surface area contributed by atoms with Crippen molar-refractivity contribution >= 4 is 27.7 Å². The molecule has 1 aromatic heterocycles. The third-order valence-corrected chi connectivity index (χ3v) is 4.35. The first-order valence-corrected chi connectivity index (χ1v) is 8.27. The maximum absolute atomic E-state index is 12.6. The first-order valence-electron chi connectivity index (χ1n) is 7.48. The molecule has 1 amide bonds. The van der Waals surface area contributed by atoms with E-state index in [4.69, 9.17) is 9.47 Å². The van der Waals surface area contributed by atoms with E-state index in [2.05, 4.69) is 27.0 Å². The molecule has 0 aliphatic carbocycles. The highest BCUT2D eigenvalue weighted by Gasteiger charge is 2.32. The lowest BCUT2D eigenvalue weighted by Gasteiger charge is -2.36. The third kappa shape index (κ3) is 3.63. The number of morpholine rings is 2. The zero-order valence-corrected chi connectivity index (χ0v) is 14.2. The molecule has 2 saturated heterocycles. The van der Waals surface area contributed by atoms with Gasteiger partial charge in [-0.3, -0.25) is 4.79 Å². The van der Waals surface area contributed by atoms with Crippen LogP contribution in [-0.4, -0.2) is 67.9 Å². The van der Waals surface area contributed by atoms with Crippen LogP contribution >= 0.6 is 15.9 Å². The summed E-state index contributed by atoms with van der Waals surface area (Å²) in [4.78, 5) is 20.6. The number of ether oxygens (including phenoxy) is 2. The standard InChI is InChI=1S/C15H17BrN4O3/c16-12-7-11(8-17)14(18-9-12)20-3-6-23-13(10-20)15(21)19-1-4-22-5-2-19/h7,9,13H,1-6,10H2. The first kappa shape index (κ1) is 16.2. The SMILES string of the molecule is N#Cc1cc(Br)cnc1N1CCOC(C(=O)N2CCOCC2)C1. The van der Waals surface area contributed by atoms with E-state index < -0.39 is 6.10 Å². The van der Waals surface area contributed by atoms with Gasteiger partial charge in [0.05, 0.1) is 31.9 Å². The van der Waals surface area contributed by atoms with Crippen LogP contribution in [0.5, 0.6) is 0 Å². The Balaban J connectivity index is 1.73. The number of amides is 1. The summed E-state index contributed by atoms with van der Waals surface area (Å²) in [5, 5.41) is 9.29. The van der Waals surface area contributed by atoms with E-state index in [1.165, 1.54) is 0 Å². The lowest BCUT2D eigenvalue weighted by molar-refractivity contribution is -0.148. The van der Waals surface area contributed by atoms with Crippen molar-refractivity contribution in [1.29, 1.82) is 5.26 Å². The minimum atomic E-state index is -0.529. The second-order valence-corrected chi connectivity index (χ2v) is 6.30. The fourth-order valence-corrected chi connectivity index (χ4v) is 3.08. The topological polar surface area (TPSA) is 78.7 Å². The fraction of sp³-hybridized carbons (Fsp3) is 0.533. The number of pyridine rings is 1. The second-order valence-electron chi connectivity index (χ2n) is 5.38. The molecule has 0 bridgehead atoms. The Morgan fingerprint density at radius 1 is 1.35 bits per heavy atom. The molecular weight excluding hydrogens is 364 g/mol. The van der Waals surface area contributed by atoms with Gasteiger partial charge in [-0.05, 0) is 22.0 Å². The van der Waals surface area contributed by atoms with Crippen LogP contribution in [0.3, 0.4) is 0 Å². The number of nitrogens with zero attached hydrogens (tertiary/aromatic N) is 4. The molecule has 0 saturated carbocycles. The van der Waals surface area contributed by atoms with Crippen LogP contribution in [0.25, 0.3) is 0 Å². The van der Waals surface area contributed by atoms with E-state index in [1.807, 2.05) is 4.90 Å². The minimum Gasteiger partial charge on any atom is -0.378 e. The third-order valence-electron chi connectivity index (χ3n) is 3.92. The molecule has 0 radical (unpaired) electrons. The largest absolute Gasteiger partial charge is 0.378 e. The molecule has 2 aliphatic heterocycles. The highest BCUT2D eigenvalue weighted by atomic mass is 79.9. The quantitative estimate of drug-likeness (QED) is 0.754.